The fourth-order valence-electron chi connectivity index (χ4n) is 3.47. The lowest BCUT2D eigenvalue weighted by Crippen LogP contribution is -2.36. The molecular formula is C21H21F3N4O2. The molecule has 9 heteroatoms. The number of alkyl halides is 3. The number of halogens is 3. The number of nitrogen functional groups attached to an aromatic ring is 1. The van der Waals surface area contributed by atoms with Gasteiger partial charge in [0.05, 0.1) is 5.92 Å². The van der Waals surface area contributed by atoms with Crippen LogP contribution < -0.4 is 11.1 Å². The van der Waals surface area contributed by atoms with Crippen molar-refractivity contribution < 1.29 is 22.8 Å². The molecule has 158 valence electrons. The molecule has 6 nitrogen and oxygen atoms in total. The molecular weight excluding hydrogens is 397 g/mol. The number of rotatable bonds is 6. The first-order valence-electron chi connectivity index (χ1n) is 9.31. The summed E-state index contributed by atoms with van der Waals surface area (Å²) in [6.07, 6.45) is -4.34. The van der Waals surface area contributed by atoms with Crippen molar-refractivity contribution in [3.8, 4) is 0 Å². The third kappa shape index (κ3) is 4.97. The highest BCUT2D eigenvalue weighted by atomic mass is 19.4. The summed E-state index contributed by atoms with van der Waals surface area (Å²) in [4.78, 5) is 25.6. The van der Waals surface area contributed by atoms with E-state index in [-0.39, 0.29) is 24.2 Å². The Balaban J connectivity index is 1.66. The number of amides is 2. The van der Waals surface area contributed by atoms with Gasteiger partial charge in [0.1, 0.15) is 5.84 Å². The standard InChI is InChI=1S/C21H21F3N4O2/c22-21(23,24)20(30)27-11-13-3-1-5-15(9-13)17-7-8-28(19(17)29)12-14-4-2-6-16(10-14)18(25)26/h1-6,9-10,17H,7-8,11-12H2,(H3,25,26)(H,27,30)/t17-/m0/s1. The van der Waals surface area contributed by atoms with Crippen molar-refractivity contribution in [2.75, 3.05) is 6.54 Å². The molecule has 4 N–H and O–H groups in total. The monoisotopic (exact) mass is 418 g/mol. The van der Waals surface area contributed by atoms with Crippen LogP contribution in [-0.4, -0.2) is 35.3 Å². The Morgan fingerprint density at radius 3 is 2.57 bits per heavy atom. The molecule has 30 heavy (non-hydrogen) atoms. The topological polar surface area (TPSA) is 99.3 Å². The zero-order valence-electron chi connectivity index (χ0n) is 16.0. The first kappa shape index (κ1) is 21.4. The van der Waals surface area contributed by atoms with Crippen molar-refractivity contribution in [2.24, 2.45) is 5.73 Å². The summed E-state index contributed by atoms with van der Waals surface area (Å²) in [6.45, 7) is 0.662. The van der Waals surface area contributed by atoms with Crippen LogP contribution >= 0.6 is 0 Å². The molecule has 2 aromatic rings. The van der Waals surface area contributed by atoms with Crippen LogP contribution in [0.1, 0.15) is 34.6 Å². The van der Waals surface area contributed by atoms with Crippen LogP contribution in [0.5, 0.6) is 0 Å². The fraction of sp³-hybridized carbons (Fsp3) is 0.286. The Morgan fingerprint density at radius 1 is 1.17 bits per heavy atom. The lowest BCUT2D eigenvalue weighted by atomic mass is 9.96. The molecule has 1 fully saturated rings. The second kappa shape index (κ2) is 8.56. The quantitative estimate of drug-likeness (QED) is 0.497. The van der Waals surface area contributed by atoms with Crippen molar-refractivity contribution >= 4 is 17.6 Å². The van der Waals surface area contributed by atoms with Gasteiger partial charge in [0.25, 0.3) is 0 Å². The zero-order chi connectivity index (χ0) is 21.9. The van der Waals surface area contributed by atoms with Gasteiger partial charge in [-0.3, -0.25) is 15.0 Å². The van der Waals surface area contributed by atoms with E-state index in [0.29, 0.717) is 36.2 Å². The minimum Gasteiger partial charge on any atom is -0.384 e. The van der Waals surface area contributed by atoms with Gasteiger partial charge in [-0.05, 0) is 29.2 Å². The molecule has 0 spiro atoms. The highest BCUT2D eigenvalue weighted by Gasteiger charge is 2.38. The van der Waals surface area contributed by atoms with E-state index in [0.717, 1.165) is 5.56 Å². The molecule has 0 radical (unpaired) electrons. The van der Waals surface area contributed by atoms with Crippen molar-refractivity contribution in [1.82, 2.24) is 10.2 Å². The molecule has 0 bridgehead atoms. The van der Waals surface area contributed by atoms with Gasteiger partial charge in [0.15, 0.2) is 0 Å². The third-order valence-corrected chi connectivity index (χ3v) is 4.97. The molecule has 2 aromatic carbocycles. The number of hydrogen-bond acceptors (Lipinski definition) is 3. The summed E-state index contributed by atoms with van der Waals surface area (Å²) in [6, 6.07) is 13.8. The molecule has 3 rings (SSSR count). The van der Waals surface area contributed by atoms with E-state index in [1.54, 1.807) is 47.4 Å². The molecule has 0 aliphatic carbocycles. The van der Waals surface area contributed by atoms with Gasteiger partial charge in [-0.2, -0.15) is 13.2 Å². The molecule has 0 unspecified atom stereocenters. The molecule has 1 heterocycles. The number of nitrogens with zero attached hydrogens (tertiary/aromatic N) is 1. The van der Waals surface area contributed by atoms with E-state index in [4.69, 9.17) is 11.1 Å². The molecule has 2 amide bonds. The van der Waals surface area contributed by atoms with Crippen LogP contribution in [-0.2, 0) is 22.7 Å². The van der Waals surface area contributed by atoms with E-state index >= 15 is 0 Å². The van der Waals surface area contributed by atoms with E-state index in [2.05, 4.69) is 0 Å². The third-order valence-electron chi connectivity index (χ3n) is 4.97. The number of amidine groups is 1. The highest BCUT2D eigenvalue weighted by Crippen LogP contribution is 2.30. The number of nitrogens with two attached hydrogens (primary N) is 1. The fourth-order valence-corrected chi connectivity index (χ4v) is 3.47. The SMILES string of the molecule is N=C(N)c1cccc(CN2CC[C@@H](c3cccc(CNC(=O)C(F)(F)F)c3)C2=O)c1. The zero-order valence-corrected chi connectivity index (χ0v) is 16.0. The second-order valence-electron chi connectivity index (χ2n) is 7.14. The average Bonchev–Trinajstić information content (AvgIpc) is 3.06. The van der Waals surface area contributed by atoms with Gasteiger partial charge in [-0.25, -0.2) is 0 Å². The van der Waals surface area contributed by atoms with E-state index in [1.165, 1.54) is 0 Å². The summed E-state index contributed by atoms with van der Waals surface area (Å²) in [5, 5.41) is 9.36. The first-order valence-corrected chi connectivity index (χ1v) is 9.31. The maximum Gasteiger partial charge on any atom is 0.471 e. The van der Waals surface area contributed by atoms with Gasteiger partial charge < -0.3 is 16.0 Å². The lowest BCUT2D eigenvalue weighted by molar-refractivity contribution is -0.173. The largest absolute Gasteiger partial charge is 0.471 e. The molecule has 0 aromatic heterocycles. The summed E-state index contributed by atoms with van der Waals surface area (Å²) in [5.74, 6) is -2.50. The molecule has 1 aliphatic heterocycles. The van der Waals surface area contributed by atoms with Crippen molar-refractivity contribution in [2.45, 2.75) is 31.6 Å². The van der Waals surface area contributed by atoms with E-state index in [9.17, 15) is 22.8 Å². The smallest absolute Gasteiger partial charge is 0.384 e. The van der Waals surface area contributed by atoms with Crippen molar-refractivity contribution in [3.63, 3.8) is 0 Å². The molecule has 1 aliphatic rings. The maximum atomic E-state index is 12.9. The Bertz CT molecular complexity index is 975. The molecule has 1 saturated heterocycles. The number of nitrogens with one attached hydrogen (secondary N) is 2. The minimum absolute atomic E-state index is 0.0445. The Hall–Kier alpha value is -3.36. The summed E-state index contributed by atoms with van der Waals surface area (Å²) in [5.41, 5.74) is 8.16. The number of benzene rings is 2. The maximum absolute atomic E-state index is 12.9. The number of likely N-dealkylation sites (tertiary alicyclic amines) is 1. The summed E-state index contributed by atoms with van der Waals surface area (Å²) >= 11 is 0. The predicted molar refractivity (Wildman–Crippen MR) is 105 cm³/mol. The van der Waals surface area contributed by atoms with E-state index in [1.807, 2.05) is 11.4 Å². The normalized spacial score (nSPS) is 16.6. The predicted octanol–water partition coefficient (Wildman–Crippen LogP) is 2.67. The van der Waals surface area contributed by atoms with Gasteiger partial charge in [-0.15, -0.1) is 0 Å². The highest BCUT2D eigenvalue weighted by molar-refractivity contribution is 5.95. The molecule has 1 atom stereocenters. The van der Waals surface area contributed by atoms with Gasteiger partial charge in [-0.1, -0.05) is 42.5 Å². The van der Waals surface area contributed by atoms with Crippen LogP contribution in [0.25, 0.3) is 0 Å². The second-order valence-corrected chi connectivity index (χ2v) is 7.14. The Morgan fingerprint density at radius 2 is 1.87 bits per heavy atom. The van der Waals surface area contributed by atoms with Crippen molar-refractivity contribution in [3.05, 3.63) is 70.8 Å². The Kier molecular flexibility index (Phi) is 6.09. The van der Waals surface area contributed by atoms with Crippen molar-refractivity contribution in [1.29, 1.82) is 5.41 Å². The Labute approximate surface area is 171 Å². The van der Waals surface area contributed by atoms with E-state index < -0.39 is 12.1 Å². The van der Waals surface area contributed by atoms with Gasteiger partial charge >= 0.3 is 12.1 Å². The van der Waals surface area contributed by atoms with Gasteiger partial charge in [0.2, 0.25) is 5.91 Å². The summed E-state index contributed by atoms with van der Waals surface area (Å²) in [7, 11) is 0. The van der Waals surface area contributed by atoms with Crippen LogP contribution in [0, 0.1) is 5.41 Å². The van der Waals surface area contributed by atoms with Gasteiger partial charge in [0, 0.05) is 25.2 Å². The number of carbonyl (C=O) groups is 2. The average molecular weight is 418 g/mol. The number of hydrogen-bond donors (Lipinski definition) is 3. The molecule has 0 saturated carbocycles. The van der Waals surface area contributed by atoms with Crippen LogP contribution in [0.4, 0.5) is 13.2 Å². The summed E-state index contributed by atoms with van der Waals surface area (Å²) < 4.78 is 37.0. The van der Waals surface area contributed by atoms with Crippen LogP contribution in [0.15, 0.2) is 48.5 Å². The van der Waals surface area contributed by atoms with Crippen LogP contribution in [0.3, 0.4) is 0 Å². The lowest BCUT2D eigenvalue weighted by Gasteiger charge is -2.18. The minimum atomic E-state index is -4.93. The first-order chi connectivity index (χ1) is 14.1. The number of carbonyl (C=O) groups excluding carboxylic acids is 2. The van der Waals surface area contributed by atoms with Crippen LogP contribution in [0.2, 0.25) is 0 Å².